The molecular formula is C17H26Cl2N6. The average molecular weight is 385 g/mol. The van der Waals surface area contributed by atoms with Crippen molar-refractivity contribution in [3.8, 4) is 0 Å². The molecule has 2 aromatic heterocycles. The summed E-state index contributed by atoms with van der Waals surface area (Å²) in [6.07, 6.45) is 1.87. The van der Waals surface area contributed by atoms with Gasteiger partial charge in [0.25, 0.3) is 0 Å². The number of hydrogen-bond donors (Lipinski definition) is 2. The molecule has 0 aromatic carbocycles. The third-order valence-electron chi connectivity index (χ3n) is 4.34. The second kappa shape index (κ2) is 8.63. The summed E-state index contributed by atoms with van der Waals surface area (Å²) < 4.78 is 3.83. The summed E-state index contributed by atoms with van der Waals surface area (Å²) in [5, 5.41) is 12.4. The lowest BCUT2D eigenvalue weighted by Crippen LogP contribution is -2.37. The van der Waals surface area contributed by atoms with Gasteiger partial charge in [-0.1, -0.05) is 37.0 Å². The molecule has 25 heavy (non-hydrogen) atoms. The Labute approximate surface area is 159 Å². The first kappa shape index (κ1) is 19.7. The molecule has 0 bridgehead atoms. The fourth-order valence-corrected chi connectivity index (χ4v) is 3.34. The molecule has 0 spiro atoms. The topological polar surface area (TPSA) is 59.2 Å². The second-order valence-electron chi connectivity index (χ2n) is 5.82. The summed E-state index contributed by atoms with van der Waals surface area (Å²) in [4.78, 5) is 4.29. The molecule has 2 heterocycles. The minimum atomic E-state index is 0.539. The molecule has 0 aliphatic rings. The van der Waals surface area contributed by atoms with Crippen molar-refractivity contribution in [3.05, 3.63) is 38.9 Å². The van der Waals surface area contributed by atoms with Gasteiger partial charge in [-0.15, -0.1) is 0 Å². The molecule has 0 saturated carbocycles. The van der Waals surface area contributed by atoms with Crippen molar-refractivity contribution < 1.29 is 0 Å². The average Bonchev–Trinajstić information content (AvgIpc) is 3.05. The molecule has 8 heteroatoms. The summed E-state index contributed by atoms with van der Waals surface area (Å²) in [7, 11) is 5.64. The lowest BCUT2D eigenvalue weighted by molar-refractivity contribution is 0.702. The maximum Gasteiger partial charge on any atom is 0.191 e. The molecule has 0 aliphatic carbocycles. The van der Waals surface area contributed by atoms with Gasteiger partial charge in [0.05, 0.1) is 17.3 Å². The number of halogens is 2. The van der Waals surface area contributed by atoms with Crippen LogP contribution in [0.2, 0.25) is 10.2 Å². The van der Waals surface area contributed by atoms with Crippen molar-refractivity contribution in [3.63, 3.8) is 0 Å². The summed E-state index contributed by atoms with van der Waals surface area (Å²) in [5.41, 5.74) is 4.62. The Kier molecular flexibility index (Phi) is 6.79. The molecule has 0 atom stereocenters. The summed E-state index contributed by atoms with van der Waals surface area (Å²) in [6.45, 7) is 5.54. The Hall–Kier alpha value is -1.66. The van der Waals surface area contributed by atoms with E-state index in [9.17, 15) is 0 Å². The largest absolute Gasteiger partial charge is 0.352 e. The molecule has 0 fully saturated rings. The van der Waals surface area contributed by atoms with Crippen LogP contribution in [0, 0.1) is 0 Å². The highest BCUT2D eigenvalue weighted by molar-refractivity contribution is 6.41. The van der Waals surface area contributed by atoms with Crippen molar-refractivity contribution in [1.29, 1.82) is 0 Å². The molecule has 0 aliphatic heterocycles. The zero-order valence-electron chi connectivity index (χ0n) is 15.5. The van der Waals surface area contributed by atoms with E-state index in [4.69, 9.17) is 23.2 Å². The van der Waals surface area contributed by atoms with Gasteiger partial charge in [-0.3, -0.25) is 9.67 Å². The van der Waals surface area contributed by atoms with Gasteiger partial charge in [0.1, 0.15) is 5.15 Å². The first-order valence-electron chi connectivity index (χ1n) is 8.40. The van der Waals surface area contributed by atoms with Crippen LogP contribution in [-0.4, -0.2) is 27.4 Å². The van der Waals surface area contributed by atoms with Gasteiger partial charge in [0, 0.05) is 44.6 Å². The number of hydrogen-bond acceptors (Lipinski definition) is 2. The maximum absolute atomic E-state index is 6.11. The fourth-order valence-electron chi connectivity index (χ4n) is 2.92. The Morgan fingerprint density at radius 2 is 1.84 bits per heavy atom. The molecule has 0 radical (unpaired) electrons. The van der Waals surface area contributed by atoms with Crippen LogP contribution in [0.5, 0.6) is 0 Å². The number of aliphatic imine (C=N–C) groups is 1. The molecule has 2 aromatic rings. The predicted molar refractivity (Wildman–Crippen MR) is 104 cm³/mol. The first-order chi connectivity index (χ1) is 11.9. The van der Waals surface area contributed by atoms with E-state index in [0.29, 0.717) is 23.3 Å². The fraction of sp³-hybridized carbons (Fsp3) is 0.529. The van der Waals surface area contributed by atoms with Gasteiger partial charge >= 0.3 is 0 Å². The van der Waals surface area contributed by atoms with Crippen LogP contribution in [-0.2, 0) is 40.0 Å². The van der Waals surface area contributed by atoms with Crippen LogP contribution in [0.15, 0.2) is 11.1 Å². The van der Waals surface area contributed by atoms with Gasteiger partial charge in [-0.2, -0.15) is 5.10 Å². The number of nitrogens with one attached hydrogen (secondary N) is 2. The SMILES string of the molecule is CCc1nn(C)c(CC)c1CNC(=NC)NCc1cc(Cl)c(Cl)n1C. The summed E-state index contributed by atoms with van der Waals surface area (Å²) in [6, 6.07) is 1.86. The zero-order chi connectivity index (χ0) is 18.6. The van der Waals surface area contributed by atoms with E-state index in [0.717, 1.165) is 30.2 Å². The molecule has 6 nitrogen and oxygen atoms in total. The van der Waals surface area contributed by atoms with Crippen molar-refractivity contribution in [2.75, 3.05) is 7.05 Å². The highest BCUT2D eigenvalue weighted by atomic mass is 35.5. The van der Waals surface area contributed by atoms with E-state index >= 15 is 0 Å². The number of rotatable bonds is 6. The third-order valence-corrected chi connectivity index (χ3v) is 5.18. The normalized spacial score (nSPS) is 11.9. The van der Waals surface area contributed by atoms with E-state index in [1.807, 2.05) is 29.4 Å². The maximum atomic E-state index is 6.11. The van der Waals surface area contributed by atoms with Crippen molar-refractivity contribution in [1.82, 2.24) is 25.0 Å². The lowest BCUT2D eigenvalue weighted by Gasteiger charge is -2.13. The smallest absolute Gasteiger partial charge is 0.191 e. The number of aryl methyl sites for hydroxylation is 2. The lowest BCUT2D eigenvalue weighted by atomic mass is 10.1. The minimum Gasteiger partial charge on any atom is -0.352 e. The summed E-state index contributed by atoms with van der Waals surface area (Å²) in [5.74, 6) is 0.724. The Morgan fingerprint density at radius 3 is 2.36 bits per heavy atom. The number of nitrogens with zero attached hydrogens (tertiary/aromatic N) is 4. The van der Waals surface area contributed by atoms with Gasteiger partial charge in [0.2, 0.25) is 0 Å². The highest BCUT2D eigenvalue weighted by Gasteiger charge is 2.14. The van der Waals surface area contributed by atoms with Crippen LogP contribution < -0.4 is 10.6 Å². The number of guanidine groups is 1. The Balaban J connectivity index is 2.03. The van der Waals surface area contributed by atoms with Crippen molar-refractivity contribution in [2.24, 2.45) is 19.1 Å². The number of aromatic nitrogens is 3. The third kappa shape index (κ3) is 4.30. The monoisotopic (exact) mass is 384 g/mol. The predicted octanol–water partition coefficient (Wildman–Crippen LogP) is 3.06. The van der Waals surface area contributed by atoms with Gasteiger partial charge in [-0.05, 0) is 18.9 Å². The van der Waals surface area contributed by atoms with Crippen LogP contribution in [0.4, 0.5) is 0 Å². The Bertz CT molecular complexity index is 760. The van der Waals surface area contributed by atoms with Crippen LogP contribution >= 0.6 is 23.2 Å². The van der Waals surface area contributed by atoms with Crippen LogP contribution in [0.3, 0.4) is 0 Å². The van der Waals surface area contributed by atoms with E-state index in [1.165, 1.54) is 11.3 Å². The molecule has 0 unspecified atom stereocenters. The molecule has 0 amide bonds. The second-order valence-corrected chi connectivity index (χ2v) is 6.58. The minimum absolute atomic E-state index is 0.539. The van der Waals surface area contributed by atoms with E-state index in [2.05, 4.69) is 34.6 Å². The van der Waals surface area contributed by atoms with E-state index in [-0.39, 0.29) is 0 Å². The van der Waals surface area contributed by atoms with Gasteiger partial charge in [0.15, 0.2) is 5.96 Å². The van der Waals surface area contributed by atoms with Crippen LogP contribution in [0.1, 0.15) is 36.5 Å². The quantitative estimate of drug-likeness (QED) is 0.594. The van der Waals surface area contributed by atoms with E-state index < -0.39 is 0 Å². The molecular weight excluding hydrogens is 359 g/mol. The van der Waals surface area contributed by atoms with Crippen molar-refractivity contribution >= 4 is 29.2 Å². The first-order valence-corrected chi connectivity index (χ1v) is 9.16. The highest BCUT2D eigenvalue weighted by Crippen LogP contribution is 2.24. The molecule has 2 N–H and O–H groups in total. The summed E-state index contributed by atoms with van der Waals surface area (Å²) >= 11 is 12.2. The standard InChI is InChI=1S/C17H26Cl2N6/c1-6-14-12(15(7-2)25(5)23-14)10-22-17(20-3)21-9-11-8-13(18)16(19)24(11)4/h8H,6-7,9-10H2,1-5H3,(H2,20,21,22). The molecule has 0 saturated heterocycles. The van der Waals surface area contributed by atoms with Gasteiger partial charge < -0.3 is 15.2 Å². The molecule has 2 rings (SSSR count). The van der Waals surface area contributed by atoms with E-state index in [1.54, 1.807) is 7.05 Å². The van der Waals surface area contributed by atoms with Gasteiger partial charge in [-0.25, -0.2) is 0 Å². The molecule has 138 valence electrons. The van der Waals surface area contributed by atoms with Crippen LogP contribution in [0.25, 0.3) is 0 Å². The zero-order valence-corrected chi connectivity index (χ0v) is 17.0. The van der Waals surface area contributed by atoms with Crippen molar-refractivity contribution in [2.45, 2.75) is 39.8 Å². The Morgan fingerprint density at radius 1 is 1.16 bits per heavy atom.